The molecule has 1 aromatic carbocycles. The van der Waals surface area contributed by atoms with E-state index in [0.717, 1.165) is 51.1 Å². The number of carbonyl (C=O) groups is 1. The van der Waals surface area contributed by atoms with E-state index in [9.17, 15) is 4.79 Å². The molecule has 1 saturated carbocycles. The van der Waals surface area contributed by atoms with Crippen molar-refractivity contribution in [2.24, 2.45) is 5.92 Å². The number of carbonyl (C=O) groups excluding carboxylic acids is 1. The van der Waals surface area contributed by atoms with Gasteiger partial charge in [-0.3, -0.25) is 9.69 Å². The maximum absolute atomic E-state index is 12.9. The van der Waals surface area contributed by atoms with E-state index in [1.54, 1.807) is 0 Å². The summed E-state index contributed by atoms with van der Waals surface area (Å²) in [7, 11) is 0. The minimum Gasteiger partial charge on any atom is -0.374 e. The first-order valence-electron chi connectivity index (χ1n) is 9.28. The Bertz CT molecular complexity index is 540. The van der Waals surface area contributed by atoms with E-state index >= 15 is 0 Å². The molecule has 1 atom stereocenters. The Hall–Kier alpha value is -1.39. The lowest BCUT2D eigenvalue weighted by atomic mass is 9.64. The van der Waals surface area contributed by atoms with Crippen LogP contribution in [0.1, 0.15) is 38.7 Å². The third-order valence-corrected chi connectivity index (χ3v) is 5.30. The van der Waals surface area contributed by atoms with Gasteiger partial charge in [0.15, 0.2) is 0 Å². The Balaban J connectivity index is 1.55. The SMILES string of the molecule is CC(C)CN1CCOC(CNC(=O)C2(c3ccccc3)CCC2)C1. The fourth-order valence-electron chi connectivity index (χ4n) is 3.90. The zero-order valence-electron chi connectivity index (χ0n) is 15.0. The van der Waals surface area contributed by atoms with Crippen LogP contribution in [0.5, 0.6) is 0 Å². The molecule has 0 bridgehead atoms. The maximum atomic E-state index is 12.9. The molecule has 1 amide bonds. The fraction of sp³-hybridized carbons (Fsp3) is 0.650. The maximum Gasteiger partial charge on any atom is 0.230 e. The van der Waals surface area contributed by atoms with Crippen molar-refractivity contribution in [2.45, 2.75) is 44.6 Å². The average Bonchev–Trinajstić information content (AvgIpc) is 2.53. The Morgan fingerprint density at radius 2 is 2.08 bits per heavy atom. The third-order valence-electron chi connectivity index (χ3n) is 5.30. The van der Waals surface area contributed by atoms with Crippen molar-refractivity contribution in [3.63, 3.8) is 0 Å². The van der Waals surface area contributed by atoms with E-state index in [2.05, 4.69) is 36.2 Å². The predicted octanol–water partition coefficient (Wildman–Crippen LogP) is 2.58. The summed E-state index contributed by atoms with van der Waals surface area (Å²) in [6.07, 6.45) is 3.14. The monoisotopic (exact) mass is 330 g/mol. The average molecular weight is 330 g/mol. The van der Waals surface area contributed by atoms with Gasteiger partial charge < -0.3 is 10.1 Å². The van der Waals surface area contributed by atoms with Crippen LogP contribution in [0.4, 0.5) is 0 Å². The van der Waals surface area contributed by atoms with Crippen molar-refractivity contribution in [3.05, 3.63) is 35.9 Å². The molecule has 3 rings (SSSR count). The van der Waals surface area contributed by atoms with Crippen LogP contribution < -0.4 is 5.32 Å². The summed E-state index contributed by atoms with van der Waals surface area (Å²) in [5.41, 5.74) is 0.841. The summed E-state index contributed by atoms with van der Waals surface area (Å²) in [4.78, 5) is 15.3. The normalized spacial score (nSPS) is 23.7. The minimum atomic E-state index is -0.312. The predicted molar refractivity (Wildman–Crippen MR) is 96.0 cm³/mol. The van der Waals surface area contributed by atoms with Gasteiger partial charge in [0.05, 0.1) is 18.1 Å². The molecule has 1 N–H and O–H groups in total. The number of benzene rings is 1. The second-order valence-electron chi connectivity index (χ2n) is 7.66. The van der Waals surface area contributed by atoms with Gasteiger partial charge in [-0.2, -0.15) is 0 Å². The van der Waals surface area contributed by atoms with Crippen LogP contribution in [-0.4, -0.2) is 49.7 Å². The largest absolute Gasteiger partial charge is 0.374 e. The van der Waals surface area contributed by atoms with Crippen LogP contribution in [0.3, 0.4) is 0 Å². The van der Waals surface area contributed by atoms with Crippen molar-refractivity contribution >= 4 is 5.91 Å². The molecule has 1 aliphatic carbocycles. The summed E-state index contributed by atoms with van der Waals surface area (Å²) >= 11 is 0. The molecule has 0 spiro atoms. The van der Waals surface area contributed by atoms with Gasteiger partial charge in [0.1, 0.15) is 0 Å². The van der Waals surface area contributed by atoms with E-state index < -0.39 is 0 Å². The molecule has 1 saturated heterocycles. The lowest BCUT2D eigenvalue weighted by molar-refractivity contribution is -0.131. The Labute approximate surface area is 145 Å². The van der Waals surface area contributed by atoms with E-state index in [1.165, 1.54) is 0 Å². The molecule has 1 aliphatic heterocycles. The van der Waals surface area contributed by atoms with Crippen molar-refractivity contribution in [2.75, 3.05) is 32.8 Å². The number of hydrogen-bond donors (Lipinski definition) is 1. The fourth-order valence-corrected chi connectivity index (χ4v) is 3.90. The van der Waals surface area contributed by atoms with Gasteiger partial charge in [-0.15, -0.1) is 0 Å². The highest BCUT2D eigenvalue weighted by Gasteiger charge is 2.45. The van der Waals surface area contributed by atoms with Crippen molar-refractivity contribution < 1.29 is 9.53 Å². The summed E-state index contributed by atoms with van der Waals surface area (Å²) in [6, 6.07) is 10.2. The van der Waals surface area contributed by atoms with Crippen molar-refractivity contribution in [3.8, 4) is 0 Å². The number of rotatable bonds is 6. The first-order chi connectivity index (χ1) is 11.6. The van der Waals surface area contributed by atoms with E-state index in [1.807, 2.05) is 18.2 Å². The van der Waals surface area contributed by atoms with Gasteiger partial charge in [0.25, 0.3) is 0 Å². The second kappa shape index (κ2) is 7.66. The topological polar surface area (TPSA) is 41.6 Å². The highest BCUT2D eigenvalue weighted by Crippen LogP contribution is 2.43. The van der Waals surface area contributed by atoms with Crippen LogP contribution >= 0.6 is 0 Å². The quantitative estimate of drug-likeness (QED) is 0.872. The molecule has 4 heteroatoms. The molecule has 132 valence electrons. The van der Waals surface area contributed by atoms with E-state index in [4.69, 9.17) is 4.74 Å². The zero-order chi connectivity index (χ0) is 17.0. The number of nitrogens with one attached hydrogen (secondary N) is 1. The van der Waals surface area contributed by atoms with Crippen molar-refractivity contribution in [1.29, 1.82) is 0 Å². The van der Waals surface area contributed by atoms with Crippen LogP contribution in [0.15, 0.2) is 30.3 Å². The summed E-state index contributed by atoms with van der Waals surface area (Å²) in [5.74, 6) is 0.833. The highest BCUT2D eigenvalue weighted by atomic mass is 16.5. The van der Waals surface area contributed by atoms with Crippen LogP contribution in [0.25, 0.3) is 0 Å². The van der Waals surface area contributed by atoms with Gasteiger partial charge in [-0.1, -0.05) is 50.6 Å². The summed E-state index contributed by atoms with van der Waals surface area (Å²) in [6.45, 7) is 8.87. The molecular formula is C20H30N2O2. The zero-order valence-corrected chi connectivity index (χ0v) is 15.0. The molecule has 1 unspecified atom stereocenters. The summed E-state index contributed by atoms with van der Waals surface area (Å²) < 4.78 is 5.85. The van der Waals surface area contributed by atoms with Gasteiger partial charge in [0, 0.05) is 26.2 Å². The number of morpholine rings is 1. The number of ether oxygens (including phenoxy) is 1. The lowest BCUT2D eigenvalue weighted by Crippen LogP contribution is -2.53. The summed E-state index contributed by atoms with van der Waals surface area (Å²) in [5, 5.41) is 3.18. The smallest absolute Gasteiger partial charge is 0.230 e. The van der Waals surface area contributed by atoms with Gasteiger partial charge in [-0.05, 0) is 24.3 Å². The van der Waals surface area contributed by atoms with E-state index in [-0.39, 0.29) is 17.4 Å². The van der Waals surface area contributed by atoms with E-state index in [0.29, 0.717) is 12.5 Å². The van der Waals surface area contributed by atoms with Crippen molar-refractivity contribution in [1.82, 2.24) is 10.2 Å². The molecule has 1 heterocycles. The lowest BCUT2D eigenvalue weighted by Gasteiger charge is -2.41. The Kier molecular flexibility index (Phi) is 5.57. The molecule has 0 aromatic heterocycles. The molecule has 24 heavy (non-hydrogen) atoms. The molecule has 0 radical (unpaired) electrons. The Morgan fingerprint density at radius 3 is 2.71 bits per heavy atom. The molecular weight excluding hydrogens is 300 g/mol. The molecule has 1 aromatic rings. The molecule has 2 aliphatic rings. The highest BCUT2D eigenvalue weighted by molar-refractivity contribution is 5.89. The van der Waals surface area contributed by atoms with Gasteiger partial charge in [0.2, 0.25) is 5.91 Å². The second-order valence-corrected chi connectivity index (χ2v) is 7.66. The molecule has 2 fully saturated rings. The Morgan fingerprint density at radius 1 is 1.33 bits per heavy atom. The first-order valence-corrected chi connectivity index (χ1v) is 9.28. The third kappa shape index (κ3) is 3.81. The minimum absolute atomic E-state index is 0.106. The number of hydrogen-bond acceptors (Lipinski definition) is 3. The number of nitrogens with zero attached hydrogens (tertiary/aromatic N) is 1. The van der Waals surface area contributed by atoms with Gasteiger partial charge >= 0.3 is 0 Å². The van der Waals surface area contributed by atoms with Gasteiger partial charge in [-0.25, -0.2) is 0 Å². The van der Waals surface area contributed by atoms with Crippen LogP contribution in [0.2, 0.25) is 0 Å². The first kappa shape index (κ1) is 17.4. The standard InChI is InChI=1S/C20H30N2O2/c1-16(2)14-22-11-12-24-18(15-22)13-21-19(23)20(9-6-10-20)17-7-4-3-5-8-17/h3-5,7-8,16,18H,6,9-15H2,1-2H3,(H,21,23). The number of amides is 1. The van der Waals surface area contributed by atoms with Crippen LogP contribution in [-0.2, 0) is 14.9 Å². The van der Waals surface area contributed by atoms with Crippen LogP contribution in [0, 0.1) is 5.92 Å². The molecule has 4 nitrogen and oxygen atoms in total.